The molecule has 1 aliphatic rings. The molecule has 1 aromatic heterocycles. The maximum absolute atomic E-state index is 13.5. The summed E-state index contributed by atoms with van der Waals surface area (Å²) in [4.78, 5) is 27.9. The molecule has 3 aromatic rings. The second kappa shape index (κ2) is 13.3. The number of aliphatic hydroxyl groups is 1. The molecule has 0 aliphatic carbocycles. The predicted molar refractivity (Wildman–Crippen MR) is 162 cm³/mol. The van der Waals surface area contributed by atoms with Gasteiger partial charge in [0.2, 0.25) is 15.9 Å². The number of nitrogens with zero attached hydrogens (tertiary/aromatic N) is 3. The quantitative estimate of drug-likeness (QED) is 0.336. The first-order chi connectivity index (χ1) is 20.3. The summed E-state index contributed by atoms with van der Waals surface area (Å²) in [5.41, 5.74) is 1.90. The van der Waals surface area contributed by atoms with Crippen molar-refractivity contribution in [3.05, 3.63) is 64.5 Å². The van der Waals surface area contributed by atoms with Gasteiger partial charge in [0.05, 0.1) is 30.5 Å². The molecule has 0 saturated carbocycles. The van der Waals surface area contributed by atoms with E-state index in [1.165, 1.54) is 35.6 Å². The minimum absolute atomic E-state index is 0.0129. The summed E-state index contributed by atoms with van der Waals surface area (Å²) in [6.07, 6.45) is -0.717. The number of fused-ring (bicyclic) bond motifs is 1. The summed E-state index contributed by atoms with van der Waals surface area (Å²) >= 11 is 5.95. The Hall–Kier alpha value is -3.65. The number of sulfonamides is 1. The molecule has 3 atom stereocenters. The molecular weight excluding hydrogens is 598 g/mol. The number of carbonyl (C=O) groups excluding carboxylic acids is 2. The summed E-state index contributed by atoms with van der Waals surface area (Å²) < 4.78 is 39.4. The Labute approximate surface area is 256 Å². The highest BCUT2D eigenvalue weighted by Gasteiger charge is 2.33. The molecule has 4 rings (SSSR count). The maximum atomic E-state index is 13.5. The number of aliphatic hydroxyl groups excluding tert-OH is 1. The number of anilines is 2. The van der Waals surface area contributed by atoms with E-state index in [1.54, 1.807) is 43.9 Å². The van der Waals surface area contributed by atoms with Gasteiger partial charge in [-0.25, -0.2) is 13.2 Å². The van der Waals surface area contributed by atoms with Crippen LogP contribution in [0.15, 0.2) is 51.9 Å². The molecule has 0 spiro atoms. The van der Waals surface area contributed by atoms with Gasteiger partial charge in [-0.05, 0) is 63.2 Å². The first-order valence-corrected chi connectivity index (χ1v) is 15.5. The van der Waals surface area contributed by atoms with Crippen molar-refractivity contribution < 1.29 is 32.4 Å². The number of nitrogens with one attached hydrogen (secondary N) is 2. The van der Waals surface area contributed by atoms with Crippen molar-refractivity contribution in [3.8, 4) is 5.75 Å². The first-order valence-electron chi connectivity index (χ1n) is 13.7. The van der Waals surface area contributed by atoms with Crippen LogP contribution >= 0.6 is 11.6 Å². The Morgan fingerprint density at radius 2 is 1.91 bits per heavy atom. The predicted octanol–water partition coefficient (Wildman–Crippen LogP) is 4.06. The van der Waals surface area contributed by atoms with Gasteiger partial charge in [-0.1, -0.05) is 23.7 Å². The lowest BCUT2D eigenvalue weighted by molar-refractivity contribution is -0.134. The van der Waals surface area contributed by atoms with Gasteiger partial charge < -0.3 is 29.9 Å². The van der Waals surface area contributed by atoms with Gasteiger partial charge in [0.25, 0.3) is 0 Å². The number of amides is 3. The molecular formula is C29H36ClN5O7S. The molecule has 0 saturated heterocycles. The third-order valence-electron chi connectivity index (χ3n) is 7.41. The molecule has 3 amide bonds. The molecule has 2 heterocycles. The standard InChI is InChI=1S/C29H36ClN5O7S/c1-17-14-35(18(2)16-36)27(37)13-21-12-23(31-29(38)32-28-19(3)33-42-20(28)4)8-11-25(21)41-26(17)15-34(5)43(39,40)24-9-6-22(30)7-10-24/h6-12,17-18,26,36H,13-16H2,1-5H3,(H2,31,32,38)/t17-,18-,26-/m0/s1. The van der Waals surface area contributed by atoms with Crippen LogP contribution in [0.5, 0.6) is 5.75 Å². The van der Waals surface area contributed by atoms with Crippen molar-refractivity contribution in [3.63, 3.8) is 0 Å². The summed E-state index contributed by atoms with van der Waals surface area (Å²) in [5, 5.41) is 19.6. The fourth-order valence-corrected chi connectivity index (χ4v) is 6.11. The smallest absolute Gasteiger partial charge is 0.323 e. The number of hydrogen-bond acceptors (Lipinski definition) is 8. The van der Waals surface area contributed by atoms with Gasteiger partial charge in [-0.3, -0.25) is 4.79 Å². The van der Waals surface area contributed by atoms with E-state index in [0.29, 0.717) is 39.2 Å². The molecule has 3 N–H and O–H groups in total. The van der Waals surface area contributed by atoms with Crippen LogP contribution in [-0.4, -0.2) is 78.7 Å². The molecule has 43 heavy (non-hydrogen) atoms. The fraction of sp³-hybridized carbons (Fsp3) is 0.414. The number of aromatic nitrogens is 1. The lowest BCUT2D eigenvalue weighted by Gasteiger charge is -2.33. The van der Waals surface area contributed by atoms with Crippen molar-refractivity contribution in [2.45, 2.75) is 51.2 Å². The van der Waals surface area contributed by atoms with Gasteiger partial charge in [0.1, 0.15) is 23.2 Å². The van der Waals surface area contributed by atoms with E-state index in [4.69, 9.17) is 20.9 Å². The van der Waals surface area contributed by atoms with Crippen molar-refractivity contribution in [1.82, 2.24) is 14.4 Å². The average Bonchev–Trinajstić information content (AvgIpc) is 3.29. The van der Waals surface area contributed by atoms with Crippen LogP contribution in [-0.2, 0) is 21.2 Å². The van der Waals surface area contributed by atoms with E-state index < -0.39 is 28.2 Å². The number of rotatable bonds is 8. The van der Waals surface area contributed by atoms with Crippen molar-refractivity contribution in [2.75, 3.05) is 37.4 Å². The summed E-state index contributed by atoms with van der Waals surface area (Å²) in [6.45, 7) is 6.98. The average molecular weight is 634 g/mol. The zero-order valence-electron chi connectivity index (χ0n) is 24.6. The summed E-state index contributed by atoms with van der Waals surface area (Å²) in [7, 11) is -2.40. The van der Waals surface area contributed by atoms with Gasteiger partial charge in [0.15, 0.2) is 5.76 Å². The Morgan fingerprint density at radius 3 is 2.53 bits per heavy atom. The van der Waals surface area contributed by atoms with E-state index in [2.05, 4.69) is 15.8 Å². The molecule has 232 valence electrons. The molecule has 0 unspecified atom stereocenters. The lowest BCUT2D eigenvalue weighted by atomic mass is 10.0. The van der Waals surface area contributed by atoms with Crippen LogP contribution in [0.1, 0.15) is 30.9 Å². The van der Waals surface area contributed by atoms with Crippen LogP contribution in [0, 0.1) is 19.8 Å². The molecule has 0 radical (unpaired) electrons. The third-order valence-corrected chi connectivity index (χ3v) is 9.49. The van der Waals surface area contributed by atoms with Gasteiger partial charge in [-0.2, -0.15) is 4.31 Å². The molecule has 12 nitrogen and oxygen atoms in total. The van der Waals surface area contributed by atoms with E-state index in [0.717, 1.165) is 0 Å². The monoisotopic (exact) mass is 633 g/mol. The zero-order chi connectivity index (χ0) is 31.5. The number of likely N-dealkylation sites (N-methyl/N-ethyl adjacent to an activating group) is 1. The molecule has 2 aromatic carbocycles. The van der Waals surface area contributed by atoms with Crippen LogP contribution in [0.4, 0.5) is 16.2 Å². The summed E-state index contributed by atoms with van der Waals surface area (Å²) in [6, 6.07) is 9.83. The first kappa shape index (κ1) is 32.3. The number of ether oxygens (including phenoxy) is 1. The second-order valence-electron chi connectivity index (χ2n) is 10.7. The topological polar surface area (TPSA) is 154 Å². The van der Waals surface area contributed by atoms with Crippen LogP contribution in [0.2, 0.25) is 5.02 Å². The minimum atomic E-state index is -3.87. The SMILES string of the molecule is Cc1noc(C)c1NC(=O)Nc1ccc2c(c1)CC(=O)N([C@@H](C)CO)C[C@H](C)[C@H](CN(C)S(=O)(=O)c1ccc(Cl)cc1)O2. The van der Waals surface area contributed by atoms with Crippen molar-refractivity contribution in [2.24, 2.45) is 5.92 Å². The number of hydrogen-bond donors (Lipinski definition) is 3. The lowest BCUT2D eigenvalue weighted by Crippen LogP contribution is -2.48. The van der Waals surface area contributed by atoms with E-state index in [1.807, 2.05) is 6.92 Å². The largest absolute Gasteiger partial charge is 0.488 e. The van der Waals surface area contributed by atoms with Crippen LogP contribution in [0.25, 0.3) is 0 Å². The fourth-order valence-electron chi connectivity index (χ4n) is 4.80. The molecule has 14 heteroatoms. The highest BCUT2D eigenvalue weighted by molar-refractivity contribution is 7.89. The van der Waals surface area contributed by atoms with E-state index in [9.17, 15) is 23.1 Å². The Kier molecular flexibility index (Phi) is 10.0. The van der Waals surface area contributed by atoms with Crippen molar-refractivity contribution >= 4 is 44.9 Å². The number of halogens is 1. The van der Waals surface area contributed by atoms with E-state index in [-0.39, 0.29) is 42.8 Å². The van der Waals surface area contributed by atoms with Gasteiger partial charge in [-0.15, -0.1) is 0 Å². The number of aryl methyl sites for hydroxylation is 2. The molecule has 0 bridgehead atoms. The number of benzene rings is 2. The maximum Gasteiger partial charge on any atom is 0.323 e. The van der Waals surface area contributed by atoms with Gasteiger partial charge >= 0.3 is 6.03 Å². The normalized spacial score (nSPS) is 18.2. The number of urea groups is 1. The van der Waals surface area contributed by atoms with Crippen molar-refractivity contribution in [1.29, 1.82) is 0 Å². The minimum Gasteiger partial charge on any atom is -0.488 e. The highest BCUT2D eigenvalue weighted by atomic mass is 35.5. The number of carbonyl (C=O) groups is 2. The molecule has 1 aliphatic heterocycles. The van der Waals surface area contributed by atoms with E-state index >= 15 is 0 Å². The Balaban J connectivity index is 1.62. The second-order valence-corrected chi connectivity index (χ2v) is 13.2. The Morgan fingerprint density at radius 1 is 1.21 bits per heavy atom. The van der Waals surface area contributed by atoms with Crippen LogP contribution in [0.3, 0.4) is 0 Å². The zero-order valence-corrected chi connectivity index (χ0v) is 26.2. The Bertz CT molecular complexity index is 1560. The highest BCUT2D eigenvalue weighted by Crippen LogP contribution is 2.30. The molecule has 0 fully saturated rings. The summed E-state index contributed by atoms with van der Waals surface area (Å²) in [5.74, 6) is 0.295. The third kappa shape index (κ3) is 7.47. The van der Waals surface area contributed by atoms with Crippen LogP contribution < -0.4 is 15.4 Å². The van der Waals surface area contributed by atoms with Gasteiger partial charge in [0, 0.05) is 35.8 Å².